The van der Waals surface area contributed by atoms with Gasteiger partial charge in [-0.25, -0.2) is 4.98 Å². The molecular formula is C13H15NO2S. The van der Waals surface area contributed by atoms with Crippen LogP contribution in [0.3, 0.4) is 0 Å². The summed E-state index contributed by atoms with van der Waals surface area (Å²) >= 11 is 1.66. The van der Waals surface area contributed by atoms with Crippen LogP contribution in [0.25, 0.3) is 10.2 Å². The van der Waals surface area contributed by atoms with Gasteiger partial charge in [-0.2, -0.15) is 0 Å². The monoisotopic (exact) mass is 249 g/mol. The molecule has 0 aliphatic rings. The summed E-state index contributed by atoms with van der Waals surface area (Å²) in [4.78, 5) is 15.1. The van der Waals surface area contributed by atoms with Gasteiger partial charge in [-0.3, -0.25) is 4.79 Å². The Morgan fingerprint density at radius 3 is 3.00 bits per heavy atom. The third-order valence-corrected chi connectivity index (χ3v) is 3.69. The lowest BCUT2D eigenvalue weighted by atomic mass is 10.1. The average Bonchev–Trinajstić information content (AvgIpc) is 2.57. The van der Waals surface area contributed by atoms with Crippen LogP contribution in [0.15, 0.2) is 18.2 Å². The molecule has 0 aliphatic carbocycles. The maximum atomic E-state index is 10.6. The second kappa shape index (κ2) is 4.84. The van der Waals surface area contributed by atoms with Crippen molar-refractivity contribution < 1.29 is 9.90 Å². The predicted octanol–water partition coefficient (Wildman–Crippen LogP) is 3.26. The maximum absolute atomic E-state index is 10.6. The molecule has 0 radical (unpaired) electrons. The van der Waals surface area contributed by atoms with Gasteiger partial charge in [-0.05, 0) is 30.5 Å². The highest BCUT2D eigenvalue weighted by Crippen LogP contribution is 2.25. The van der Waals surface area contributed by atoms with Gasteiger partial charge in [0.15, 0.2) is 0 Å². The second-order valence-electron chi connectivity index (χ2n) is 4.49. The standard InChI is InChI=1S/C13H15NO2S/c1-8-3-4-11-10(5-8)14-12(17-11)6-9(2)7-13(15)16/h3-5,9H,6-7H2,1-2H3,(H,15,16). The summed E-state index contributed by atoms with van der Waals surface area (Å²) in [6.45, 7) is 4.00. The Morgan fingerprint density at radius 1 is 1.53 bits per heavy atom. The van der Waals surface area contributed by atoms with Crippen molar-refractivity contribution in [1.82, 2.24) is 4.98 Å². The van der Waals surface area contributed by atoms with Crippen molar-refractivity contribution in [3.8, 4) is 0 Å². The van der Waals surface area contributed by atoms with Crippen molar-refractivity contribution in [3.05, 3.63) is 28.8 Å². The summed E-state index contributed by atoms with van der Waals surface area (Å²) in [5.41, 5.74) is 2.22. The van der Waals surface area contributed by atoms with Gasteiger partial charge >= 0.3 is 5.97 Å². The summed E-state index contributed by atoms with van der Waals surface area (Å²) in [6.07, 6.45) is 0.944. The SMILES string of the molecule is Cc1ccc2sc(CC(C)CC(=O)O)nc2c1. The summed E-state index contributed by atoms with van der Waals surface area (Å²) in [5, 5.41) is 9.75. The number of fused-ring (bicyclic) bond motifs is 1. The number of carboxylic acids is 1. The largest absolute Gasteiger partial charge is 0.481 e. The zero-order valence-corrected chi connectivity index (χ0v) is 10.8. The van der Waals surface area contributed by atoms with Crippen molar-refractivity contribution in [2.45, 2.75) is 26.7 Å². The molecule has 3 nitrogen and oxygen atoms in total. The van der Waals surface area contributed by atoms with Crippen LogP contribution in [0.4, 0.5) is 0 Å². The molecule has 0 saturated heterocycles. The van der Waals surface area contributed by atoms with E-state index in [0.717, 1.165) is 16.9 Å². The first kappa shape index (κ1) is 12.0. The van der Waals surface area contributed by atoms with E-state index in [0.29, 0.717) is 0 Å². The zero-order valence-electron chi connectivity index (χ0n) is 9.93. The lowest BCUT2D eigenvalue weighted by molar-refractivity contribution is -0.137. The van der Waals surface area contributed by atoms with E-state index in [1.807, 2.05) is 13.8 Å². The minimum atomic E-state index is -0.741. The molecule has 2 rings (SSSR count). The first-order valence-electron chi connectivity index (χ1n) is 5.62. The molecule has 1 aromatic heterocycles. The molecule has 1 aromatic carbocycles. The number of thiazole rings is 1. The minimum absolute atomic E-state index is 0.133. The van der Waals surface area contributed by atoms with Gasteiger partial charge in [0.2, 0.25) is 0 Å². The number of aryl methyl sites for hydroxylation is 1. The van der Waals surface area contributed by atoms with Gasteiger partial charge < -0.3 is 5.11 Å². The molecule has 0 fully saturated rings. The molecule has 4 heteroatoms. The van der Waals surface area contributed by atoms with Crippen molar-refractivity contribution in [2.24, 2.45) is 5.92 Å². The van der Waals surface area contributed by atoms with Crippen LogP contribution in [0.1, 0.15) is 23.9 Å². The number of carboxylic acid groups (broad SMARTS) is 1. The van der Waals surface area contributed by atoms with E-state index in [4.69, 9.17) is 5.11 Å². The molecule has 0 bridgehead atoms. The molecule has 0 aliphatic heterocycles. The number of nitrogens with zero attached hydrogens (tertiary/aromatic N) is 1. The first-order valence-corrected chi connectivity index (χ1v) is 6.44. The fourth-order valence-electron chi connectivity index (χ4n) is 1.84. The molecule has 17 heavy (non-hydrogen) atoms. The van der Waals surface area contributed by atoms with Crippen molar-refractivity contribution in [1.29, 1.82) is 0 Å². The Balaban J connectivity index is 2.16. The van der Waals surface area contributed by atoms with E-state index in [2.05, 4.69) is 23.2 Å². The van der Waals surface area contributed by atoms with Crippen LogP contribution >= 0.6 is 11.3 Å². The van der Waals surface area contributed by atoms with Crippen LogP contribution in [-0.4, -0.2) is 16.1 Å². The quantitative estimate of drug-likeness (QED) is 0.904. The molecule has 0 spiro atoms. The molecule has 1 heterocycles. The molecule has 90 valence electrons. The summed E-state index contributed by atoms with van der Waals surface area (Å²) in [5.74, 6) is -0.608. The van der Waals surface area contributed by atoms with Gasteiger partial charge in [0.05, 0.1) is 15.2 Å². The Bertz CT molecular complexity index is 547. The number of hydrogen-bond acceptors (Lipinski definition) is 3. The molecular weight excluding hydrogens is 234 g/mol. The van der Waals surface area contributed by atoms with E-state index in [1.54, 1.807) is 11.3 Å². The highest BCUT2D eigenvalue weighted by molar-refractivity contribution is 7.18. The smallest absolute Gasteiger partial charge is 0.303 e. The maximum Gasteiger partial charge on any atom is 0.303 e. The predicted molar refractivity (Wildman–Crippen MR) is 69.5 cm³/mol. The van der Waals surface area contributed by atoms with E-state index in [1.165, 1.54) is 10.3 Å². The van der Waals surface area contributed by atoms with Gasteiger partial charge in [0, 0.05) is 12.8 Å². The van der Waals surface area contributed by atoms with Crippen molar-refractivity contribution in [2.75, 3.05) is 0 Å². The summed E-state index contributed by atoms with van der Waals surface area (Å²) in [6, 6.07) is 6.22. The van der Waals surface area contributed by atoms with Crippen LogP contribution in [0.2, 0.25) is 0 Å². The fourth-order valence-corrected chi connectivity index (χ4v) is 2.95. The Morgan fingerprint density at radius 2 is 2.29 bits per heavy atom. The van der Waals surface area contributed by atoms with Crippen LogP contribution < -0.4 is 0 Å². The second-order valence-corrected chi connectivity index (χ2v) is 5.60. The molecule has 2 aromatic rings. The molecule has 1 N–H and O–H groups in total. The number of hydrogen-bond donors (Lipinski definition) is 1. The van der Waals surface area contributed by atoms with E-state index >= 15 is 0 Å². The van der Waals surface area contributed by atoms with Crippen LogP contribution in [-0.2, 0) is 11.2 Å². The van der Waals surface area contributed by atoms with Gasteiger partial charge in [0.25, 0.3) is 0 Å². The summed E-state index contributed by atoms with van der Waals surface area (Å²) in [7, 11) is 0. The van der Waals surface area contributed by atoms with Crippen LogP contribution in [0.5, 0.6) is 0 Å². The summed E-state index contributed by atoms with van der Waals surface area (Å²) < 4.78 is 1.17. The topological polar surface area (TPSA) is 50.2 Å². The number of benzene rings is 1. The molecule has 1 atom stereocenters. The van der Waals surface area contributed by atoms with E-state index in [9.17, 15) is 4.79 Å². The van der Waals surface area contributed by atoms with Crippen molar-refractivity contribution >= 4 is 27.5 Å². The van der Waals surface area contributed by atoms with Crippen molar-refractivity contribution in [3.63, 3.8) is 0 Å². The molecule has 1 unspecified atom stereocenters. The van der Waals surface area contributed by atoms with E-state index < -0.39 is 5.97 Å². The first-order chi connectivity index (χ1) is 8.04. The number of aromatic nitrogens is 1. The Labute approximate surface area is 104 Å². The highest BCUT2D eigenvalue weighted by Gasteiger charge is 2.11. The van der Waals surface area contributed by atoms with E-state index in [-0.39, 0.29) is 12.3 Å². The average molecular weight is 249 g/mol. The van der Waals surface area contributed by atoms with Gasteiger partial charge in [0.1, 0.15) is 0 Å². The normalized spacial score (nSPS) is 12.8. The third kappa shape index (κ3) is 3.03. The number of aliphatic carboxylic acids is 1. The lowest BCUT2D eigenvalue weighted by Gasteiger charge is -2.04. The molecule has 0 saturated carbocycles. The Kier molecular flexibility index (Phi) is 3.43. The molecule has 0 amide bonds. The fraction of sp³-hybridized carbons (Fsp3) is 0.385. The third-order valence-electron chi connectivity index (χ3n) is 2.63. The minimum Gasteiger partial charge on any atom is -0.481 e. The van der Waals surface area contributed by atoms with Gasteiger partial charge in [-0.1, -0.05) is 13.0 Å². The Hall–Kier alpha value is -1.42. The zero-order chi connectivity index (χ0) is 12.4. The lowest BCUT2D eigenvalue weighted by Crippen LogP contribution is -2.06. The number of rotatable bonds is 4. The number of carbonyl (C=O) groups is 1. The van der Waals surface area contributed by atoms with Gasteiger partial charge in [-0.15, -0.1) is 11.3 Å². The highest BCUT2D eigenvalue weighted by atomic mass is 32.1. The van der Waals surface area contributed by atoms with Crippen LogP contribution in [0, 0.1) is 12.8 Å².